The first-order valence-electron chi connectivity index (χ1n) is 22.7. The molecule has 0 N–H and O–H groups in total. The van der Waals surface area contributed by atoms with Gasteiger partial charge in [0.25, 0.3) is 0 Å². The fourth-order valence-electron chi connectivity index (χ4n) is 10.5. The van der Waals surface area contributed by atoms with Gasteiger partial charge in [-0.25, -0.2) is 0 Å². The number of hydrogen-bond acceptors (Lipinski definition) is 4. The molecule has 0 saturated heterocycles. The minimum absolute atomic E-state index is 0.00384. The summed E-state index contributed by atoms with van der Waals surface area (Å²) in [5, 5.41) is 29.8. The minimum atomic E-state index is -0.0748. The molecule has 9 rings (SSSR count). The number of nitrogens with zero attached hydrogens (tertiary/aromatic N) is 3. The van der Waals surface area contributed by atoms with E-state index in [1.54, 1.807) is 18.4 Å². The maximum atomic E-state index is 9.37. The summed E-state index contributed by atoms with van der Waals surface area (Å²) in [7, 11) is 0. The van der Waals surface area contributed by atoms with Crippen LogP contribution in [0, 0.1) is 22.7 Å². The van der Waals surface area contributed by atoms with Crippen molar-refractivity contribution in [2.45, 2.75) is 136 Å². The molecule has 0 radical (unpaired) electrons. The number of aryl methyl sites for hydroxylation is 2. The van der Waals surface area contributed by atoms with Crippen molar-refractivity contribution in [1.29, 1.82) is 10.5 Å². The van der Waals surface area contributed by atoms with Crippen LogP contribution in [0.1, 0.15) is 134 Å². The average molecular weight is 816 g/mol. The molecule has 0 spiro atoms. The molecule has 1 atom stereocenters. The molecule has 0 amide bonds. The van der Waals surface area contributed by atoms with Crippen LogP contribution in [-0.4, -0.2) is 12.6 Å². The van der Waals surface area contributed by atoms with Crippen molar-refractivity contribution in [3.05, 3.63) is 141 Å². The largest absolute Gasteiger partial charge is 0.465 e. The zero-order valence-corrected chi connectivity index (χ0v) is 38.7. The smallest absolute Gasteiger partial charge is 0.137 e. The summed E-state index contributed by atoms with van der Waals surface area (Å²) in [5.74, 6) is 0.611. The Morgan fingerprint density at radius 2 is 1.16 bits per heavy atom. The molecular weight excluding hydrogens is 755 g/mol. The highest BCUT2D eigenvalue weighted by atomic mass is 16.5. The van der Waals surface area contributed by atoms with Crippen molar-refractivity contribution >= 4 is 54.9 Å². The second-order valence-electron chi connectivity index (χ2n) is 22.2. The van der Waals surface area contributed by atoms with Crippen LogP contribution >= 0.6 is 0 Å². The van der Waals surface area contributed by atoms with E-state index < -0.39 is 0 Å². The Kier molecular flexibility index (Phi) is 9.80. The number of anilines is 1. The van der Waals surface area contributed by atoms with Crippen molar-refractivity contribution in [2.24, 2.45) is 0 Å². The van der Waals surface area contributed by atoms with Gasteiger partial charge in [0.2, 0.25) is 0 Å². The molecule has 0 fully saturated rings. The van der Waals surface area contributed by atoms with Crippen LogP contribution < -0.4 is 4.90 Å². The quantitative estimate of drug-likeness (QED) is 0.0988. The fraction of sp³-hybridized carbons (Fsp3) is 0.379. The van der Waals surface area contributed by atoms with Crippen molar-refractivity contribution < 1.29 is 4.74 Å². The molecule has 4 nitrogen and oxygen atoms in total. The first-order valence-corrected chi connectivity index (χ1v) is 22.7. The van der Waals surface area contributed by atoms with Crippen LogP contribution in [0.2, 0.25) is 0 Å². The lowest BCUT2D eigenvalue weighted by Gasteiger charge is -2.46. The lowest BCUT2D eigenvalue weighted by atomic mass is 9.73. The summed E-state index contributed by atoms with van der Waals surface area (Å²) in [5.41, 5.74) is 11.7. The molecule has 3 heterocycles. The molecule has 4 heteroatoms. The summed E-state index contributed by atoms with van der Waals surface area (Å²) in [4.78, 5) is 2.76. The van der Waals surface area contributed by atoms with Gasteiger partial charge in [-0.2, -0.15) is 10.5 Å². The number of fused-ring (bicyclic) bond motifs is 2. The van der Waals surface area contributed by atoms with Gasteiger partial charge in [0, 0.05) is 23.8 Å². The zero-order valence-electron chi connectivity index (χ0n) is 38.7. The Morgan fingerprint density at radius 1 is 0.661 bits per heavy atom. The first kappa shape index (κ1) is 41.5. The molecule has 62 heavy (non-hydrogen) atoms. The maximum absolute atomic E-state index is 9.37. The number of rotatable bonds is 5. The molecule has 6 aromatic rings. The predicted octanol–water partition coefficient (Wildman–Crippen LogP) is 14.8. The van der Waals surface area contributed by atoms with Gasteiger partial charge in [-0.05, 0) is 190 Å². The summed E-state index contributed by atoms with van der Waals surface area (Å²) < 4.78 is 5.73. The van der Waals surface area contributed by atoms with Gasteiger partial charge >= 0.3 is 0 Å². The molecule has 314 valence electrons. The topological polar surface area (TPSA) is 60.1 Å². The van der Waals surface area contributed by atoms with Crippen LogP contribution in [0.15, 0.2) is 102 Å². The summed E-state index contributed by atoms with van der Waals surface area (Å²) in [6.45, 7) is 27.2. The number of benzene rings is 6. The fourth-order valence-corrected chi connectivity index (χ4v) is 10.5. The normalized spacial score (nSPS) is 17.2. The molecule has 3 aliphatic heterocycles. The molecule has 0 aliphatic carbocycles. The zero-order chi connectivity index (χ0) is 44.1. The monoisotopic (exact) mass is 815 g/mol. The number of allylic oxidation sites excluding steroid dienone is 5. The Labute approximate surface area is 369 Å². The van der Waals surface area contributed by atoms with E-state index in [2.05, 4.69) is 148 Å². The van der Waals surface area contributed by atoms with E-state index in [4.69, 9.17) is 4.74 Å². The highest BCUT2D eigenvalue weighted by Crippen LogP contribution is 2.48. The third-order valence-corrected chi connectivity index (χ3v) is 14.1. The third kappa shape index (κ3) is 7.26. The molecule has 6 aromatic carbocycles. The predicted molar refractivity (Wildman–Crippen MR) is 261 cm³/mol. The van der Waals surface area contributed by atoms with E-state index in [0.717, 1.165) is 44.2 Å². The van der Waals surface area contributed by atoms with E-state index in [1.165, 1.54) is 82.2 Å². The SMILES string of the molecule is CC(C)(C)c1cc2cc(C(C)(C)C)cc3c4cc(C(C)(C)CC5CCc6cc(/C=C/C7=CC(=C(C#N)C#N)C=CO7)cc7c6N5CCC7)cc5cc(C(C)(C)C)cc(c(c1)c23)c54. The van der Waals surface area contributed by atoms with Crippen molar-refractivity contribution in [3.63, 3.8) is 0 Å². The van der Waals surface area contributed by atoms with Crippen molar-refractivity contribution in [2.75, 3.05) is 11.4 Å². The van der Waals surface area contributed by atoms with Gasteiger partial charge in [-0.3, -0.25) is 0 Å². The van der Waals surface area contributed by atoms with Crippen LogP contribution in [0.5, 0.6) is 0 Å². The van der Waals surface area contributed by atoms with Crippen LogP contribution in [0.25, 0.3) is 49.2 Å². The minimum Gasteiger partial charge on any atom is -0.465 e. The second kappa shape index (κ2) is 14.6. The number of hydrogen-bond donors (Lipinski definition) is 0. The number of nitriles is 2. The van der Waals surface area contributed by atoms with E-state index in [0.29, 0.717) is 17.4 Å². The van der Waals surface area contributed by atoms with Crippen LogP contribution in [-0.2, 0) is 39.2 Å². The van der Waals surface area contributed by atoms with Gasteiger partial charge in [0.1, 0.15) is 23.5 Å². The number of ether oxygens (including phenoxy) is 1. The second-order valence-corrected chi connectivity index (χ2v) is 22.2. The van der Waals surface area contributed by atoms with E-state index in [-0.39, 0.29) is 27.2 Å². The summed E-state index contributed by atoms with van der Waals surface area (Å²) in [6.07, 6.45) is 14.5. The lowest BCUT2D eigenvalue weighted by molar-refractivity contribution is 0.364. The van der Waals surface area contributed by atoms with E-state index >= 15 is 0 Å². The van der Waals surface area contributed by atoms with Gasteiger partial charge in [0.05, 0.1) is 6.26 Å². The first-order chi connectivity index (χ1) is 29.2. The van der Waals surface area contributed by atoms with Gasteiger partial charge in [-0.15, -0.1) is 0 Å². The summed E-state index contributed by atoms with van der Waals surface area (Å²) >= 11 is 0. The maximum Gasteiger partial charge on any atom is 0.137 e. The Morgan fingerprint density at radius 3 is 1.68 bits per heavy atom. The Balaban J connectivity index is 1.13. The molecule has 0 aromatic heterocycles. The van der Waals surface area contributed by atoms with E-state index in [1.807, 2.05) is 18.2 Å². The highest BCUT2D eigenvalue weighted by Gasteiger charge is 2.36. The average Bonchev–Trinajstić information content (AvgIpc) is 3.21. The molecule has 3 aliphatic rings. The third-order valence-electron chi connectivity index (χ3n) is 14.1. The summed E-state index contributed by atoms with van der Waals surface area (Å²) in [6, 6.07) is 29.3. The van der Waals surface area contributed by atoms with Gasteiger partial charge < -0.3 is 9.64 Å². The van der Waals surface area contributed by atoms with Crippen LogP contribution in [0.3, 0.4) is 0 Å². The van der Waals surface area contributed by atoms with Gasteiger partial charge in [-0.1, -0.05) is 107 Å². The molecule has 1 unspecified atom stereocenters. The van der Waals surface area contributed by atoms with Gasteiger partial charge in [0.15, 0.2) is 0 Å². The highest BCUT2D eigenvalue weighted by molar-refractivity contribution is 6.33. The van der Waals surface area contributed by atoms with Crippen molar-refractivity contribution in [1.82, 2.24) is 0 Å². The van der Waals surface area contributed by atoms with Crippen LogP contribution in [0.4, 0.5) is 5.69 Å². The molecular formula is C58H61N3O. The lowest BCUT2D eigenvalue weighted by Crippen LogP contribution is -2.45. The standard InChI is InChI=1S/C58H61N3O/c1-55(2,3)42-23-39-24-43(56(4,5)6)30-50-51-31-45(26-40-25-44(57(7,8)9)29-49(53(40)51)48(28-42)52(39)50)58(10,11)32-46-16-15-38-22-35(21-37-13-12-19-61(46)54(37)38)14-17-47-27-36(18-20-62-47)41(33-59)34-60/h14,17-18,20-31,46H,12-13,15-16,19,32H2,1-11H3/b17-14+. The Bertz CT molecular complexity index is 3000. The molecule has 0 saturated carbocycles. The van der Waals surface area contributed by atoms with E-state index in [9.17, 15) is 10.5 Å². The molecule has 0 bridgehead atoms. The van der Waals surface area contributed by atoms with Crippen molar-refractivity contribution in [3.8, 4) is 12.1 Å². The Hall–Kier alpha value is -5.84.